The Balaban J connectivity index is 2.69. The number of rotatable bonds is 4. The van der Waals surface area contributed by atoms with E-state index in [9.17, 15) is 4.79 Å². The molecule has 0 spiro atoms. The highest BCUT2D eigenvalue weighted by Gasteiger charge is 2.13. The standard InChI is InChI=1S/C13H20N2O/c1-5-11-7-6-8-12(9-11)14-10(2)13(16)15(3)4/h6-10,14H,5H2,1-4H3. The predicted molar refractivity (Wildman–Crippen MR) is 67.6 cm³/mol. The van der Waals surface area contributed by atoms with E-state index in [2.05, 4.69) is 24.4 Å². The number of anilines is 1. The Morgan fingerprint density at radius 2 is 2.12 bits per heavy atom. The van der Waals surface area contributed by atoms with E-state index in [1.54, 1.807) is 19.0 Å². The van der Waals surface area contributed by atoms with Crippen molar-refractivity contribution in [2.75, 3.05) is 19.4 Å². The maximum absolute atomic E-state index is 11.7. The van der Waals surface area contributed by atoms with Crippen molar-refractivity contribution in [2.24, 2.45) is 0 Å². The lowest BCUT2D eigenvalue weighted by atomic mass is 10.1. The first-order valence-corrected chi connectivity index (χ1v) is 5.61. The number of hydrogen-bond donors (Lipinski definition) is 1. The van der Waals surface area contributed by atoms with Crippen molar-refractivity contribution >= 4 is 11.6 Å². The van der Waals surface area contributed by atoms with E-state index >= 15 is 0 Å². The minimum Gasteiger partial charge on any atom is -0.374 e. The number of amides is 1. The van der Waals surface area contributed by atoms with Crippen LogP contribution in [0.25, 0.3) is 0 Å². The average Bonchev–Trinajstić information content (AvgIpc) is 2.28. The van der Waals surface area contributed by atoms with Gasteiger partial charge in [-0.05, 0) is 31.0 Å². The smallest absolute Gasteiger partial charge is 0.244 e. The molecule has 0 aliphatic carbocycles. The first kappa shape index (κ1) is 12.6. The lowest BCUT2D eigenvalue weighted by Crippen LogP contribution is -2.36. The molecular formula is C13H20N2O. The summed E-state index contributed by atoms with van der Waals surface area (Å²) in [4.78, 5) is 13.3. The topological polar surface area (TPSA) is 32.3 Å². The quantitative estimate of drug-likeness (QED) is 0.843. The molecular weight excluding hydrogens is 200 g/mol. The van der Waals surface area contributed by atoms with Gasteiger partial charge in [0.05, 0.1) is 0 Å². The van der Waals surface area contributed by atoms with Gasteiger partial charge in [0.15, 0.2) is 0 Å². The van der Waals surface area contributed by atoms with Crippen LogP contribution in [0.15, 0.2) is 24.3 Å². The highest BCUT2D eigenvalue weighted by Crippen LogP contribution is 2.12. The third-order valence-corrected chi connectivity index (χ3v) is 2.53. The fraction of sp³-hybridized carbons (Fsp3) is 0.462. The number of nitrogens with one attached hydrogen (secondary N) is 1. The Morgan fingerprint density at radius 1 is 1.44 bits per heavy atom. The zero-order valence-corrected chi connectivity index (χ0v) is 10.4. The summed E-state index contributed by atoms with van der Waals surface area (Å²) in [5, 5.41) is 3.21. The van der Waals surface area contributed by atoms with Crippen molar-refractivity contribution in [3.8, 4) is 0 Å². The minimum absolute atomic E-state index is 0.0851. The molecule has 1 aromatic rings. The van der Waals surface area contributed by atoms with Crippen LogP contribution in [0.2, 0.25) is 0 Å². The first-order valence-electron chi connectivity index (χ1n) is 5.61. The van der Waals surface area contributed by atoms with Gasteiger partial charge in [-0.15, -0.1) is 0 Å². The molecule has 1 rings (SSSR count). The van der Waals surface area contributed by atoms with E-state index < -0.39 is 0 Å². The van der Waals surface area contributed by atoms with Crippen LogP contribution in [0.4, 0.5) is 5.69 Å². The molecule has 3 heteroatoms. The number of carbonyl (C=O) groups excluding carboxylic acids is 1. The third kappa shape index (κ3) is 3.26. The highest BCUT2D eigenvalue weighted by molar-refractivity contribution is 5.83. The summed E-state index contributed by atoms with van der Waals surface area (Å²) in [6.07, 6.45) is 1.01. The minimum atomic E-state index is -0.192. The number of likely N-dealkylation sites (N-methyl/N-ethyl adjacent to an activating group) is 1. The second-order valence-corrected chi connectivity index (χ2v) is 4.15. The van der Waals surface area contributed by atoms with Gasteiger partial charge in [0.1, 0.15) is 6.04 Å². The SMILES string of the molecule is CCc1cccc(NC(C)C(=O)N(C)C)c1. The Hall–Kier alpha value is -1.51. The van der Waals surface area contributed by atoms with Crippen LogP contribution in [0.1, 0.15) is 19.4 Å². The van der Waals surface area contributed by atoms with Gasteiger partial charge in [-0.2, -0.15) is 0 Å². The molecule has 1 aromatic carbocycles. The van der Waals surface area contributed by atoms with Crippen molar-refractivity contribution in [1.82, 2.24) is 4.90 Å². The monoisotopic (exact) mass is 220 g/mol. The zero-order valence-electron chi connectivity index (χ0n) is 10.4. The fourth-order valence-corrected chi connectivity index (χ4v) is 1.58. The number of benzene rings is 1. The van der Waals surface area contributed by atoms with Gasteiger partial charge in [0, 0.05) is 19.8 Å². The molecule has 16 heavy (non-hydrogen) atoms. The van der Waals surface area contributed by atoms with Gasteiger partial charge >= 0.3 is 0 Å². The van der Waals surface area contributed by atoms with Gasteiger partial charge < -0.3 is 10.2 Å². The van der Waals surface area contributed by atoms with E-state index in [4.69, 9.17) is 0 Å². The molecule has 1 atom stereocenters. The van der Waals surface area contributed by atoms with Crippen LogP contribution in [0.5, 0.6) is 0 Å². The largest absolute Gasteiger partial charge is 0.374 e. The zero-order chi connectivity index (χ0) is 12.1. The lowest BCUT2D eigenvalue weighted by molar-refractivity contribution is -0.129. The molecule has 1 N–H and O–H groups in total. The molecule has 0 fully saturated rings. The maximum atomic E-state index is 11.7. The van der Waals surface area contributed by atoms with Gasteiger partial charge in [0.2, 0.25) is 5.91 Å². The van der Waals surface area contributed by atoms with Gasteiger partial charge in [-0.25, -0.2) is 0 Å². The molecule has 0 bridgehead atoms. The van der Waals surface area contributed by atoms with E-state index in [1.807, 2.05) is 19.1 Å². The molecule has 1 amide bonds. The van der Waals surface area contributed by atoms with E-state index in [1.165, 1.54) is 5.56 Å². The van der Waals surface area contributed by atoms with Crippen molar-refractivity contribution in [2.45, 2.75) is 26.3 Å². The van der Waals surface area contributed by atoms with E-state index in [0.717, 1.165) is 12.1 Å². The predicted octanol–water partition coefficient (Wildman–Crippen LogP) is 2.14. The molecule has 0 aromatic heterocycles. The van der Waals surface area contributed by atoms with Crippen LogP contribution in [-0.4, -0.2) is 30.9 Å². The number of carbonyl (C=O) groups is 1. The summed E-state index contributed by atoms with van der Waals surface area (Å²) in [6, 6.07) is 7.97. The number of hydrogen-bond acceptors (Lipinski definition) is 2. The average molecular weight is 220 g/mol. The van der Waals surface area contributed by atoms with E-state index in [-0.39, 0.29) is 11.9 Å². The second kappa shape index (κ2) is 5.54. The highest BCUT2D eigenvalue weighted by atomic mass is 16.2. The molecule has 0 heterocycles. The summed E-state index contributed by atoms with van der Waals surface area (Å²) in [6.45, 7) is 3.99. The molecule has 88 valence electrons. The van der Waals surface area contributed by atoms with Crippen LogP contribution in [0.3, 0.4) is 0 Å². The van der Waals surface area contributed by atoms with Crippen molar-refractivity contribution in [1.29, 1.82) is 0 Å². The van der Waals surface area contributed by atoms with Crippen molar-refractivity contribution in [3.63, 3.8) is 0 Å². The summed E-state index contributed by atoms with van der Waals surface area (Å²) < 4.78 is 0. The number of aryl methyl sites for hydroxylation is 1. The van der Waals surface area contributed by atoms with Crippen LogP contribution >= 0.6 is 0 Å². The third-order valence-electron chi connectivity index (χ3n) is 2.53. The Labute approximate surface area is 97.5 Å². The van der Waals surface area contributed by atoms with Crippen molar-refractivity contribution in [3.05, 3.63) is 29.8 Å². The van der Waals surface area contributed by atoms with Crippen LogP contribution < -0.4 is 5.32 Å². The number of nitrogens with zero attached hydrogens (tertiary/aromatic N) is 1. The normalized spacial score (nSPS) is 12.0. The molecule has 0 saturated heterocycles. The lowest BCUT2D eigenvalue weighted by Gasteiger charge is -2.19. The summed E-state index contributed by atoms with van der Waals surface area (Å²) >= 11 is 0. The van der Waals surface area contributed by atoms with Gasteiger partial charge in [-0.3, -0.25) is 4.79 Å². The molecule has 3 nitrogen and oxygen atoms in total. The molecule has 0 aliphatic heterocycles. The van der Waals surface area contributed by atoms with E-state index in [0.29, 0.717) is 0 Å². The fourth-order valence-electron chi connectivity index (χ4n) is 1.58. The van der Waals surface area contributed by atoms with Gasteiger partial charge in [0.25, 0.3) is 0 Å². The maximum Gasteiger partial charge on any atom is 0.244 e. The summed E-state index contributed by atoms with van der Waals surface area (Å²) in [5.41, 5.74) is 2.27. The molecule has 1 unspecified atom stereocenters. The Bertz CT molecular complexity index is 361. The van der Waals surface area contributed by atoms with Gasteiger partial charge in [-0.1, -0.05) is 19.1 Å². The molecule has 0 aliphatic rings. The second-order valence-electron chi connectivity index (χ2n) is 4.15. The molecule has 0 saturated carbocycles. The summed E-state index contributed by atoms with van der Waals surface area (Å²) in [5.74, 6) is 0.0851. The summed E-state index contributed by atoms with van der Waals surface area (Å²) in [7, 11) is 3.53. The Morgan fingerprint density at radius 3 is 2.69 bits per heavy atom. The van der Waals surface area contributed by atoms with Crippen molar-refractivity contribution < 1.29 is 4.79 Å². The van der Waals surface area contributed by atoms with Crippen LogP contribution in [0, 0.1) is 0 Å². The first-order chi connectivity index (χ1) is 7.54. The Kier molecular flexibility index (Phi) is 4.35. The molecule has 0 radical (unpaired) electrons. The van der Waals surface area contributed by atoms with Crippen LogP contribution in [-0.2, 0) is 11.2 Å².